The minimum Gasteiger partial charge on any atom is -0.368 e. The van der Waals surface area contributed by atoms with Gasteiger partial charge in [0.1, 0.15) is 5.82 Å². The van der Waals surface area contributed by atoms with E-state index in [2.05, 4.69) is 36.7 Å². The lowest BCUT2D eigenvalue weighted by molar-refractivity contribution is 0.537. The van der Waals surface area contributed by atoms with Gasteiger partial charge in [-0.15, -0.1) is 0 Å². The maximum atomic E-state index is 6.22. The van der Waals surface area contributed by atoms with Gasteiger partial charge in [0.15, 0.2) is 0 Å². The van der Waals surface area contributed by atoms with Crippen LogP contribution in [0.25, 0.3) is 0 Å². The van der Waals surface area contributed by atoms with Crippen LogP contribution in [0.2, 0.25) is 10.3 Å². The summed E-state index contributed by atoms with van der Waals surface area (Å²) in [5.41, 5.74) is 5.64. The zero-order valence-electron chi connectivity index (χ0n) is 11.9. The second-order valence-electron chi connectivity index (χ2n) is 5.06. The first-order valence-electron chi connectivity index (χ1n) is 6.84. The van der Waals surface area contributed by atoms with Crippen molar-refractivity contribution in [2.24, 2.45) is 0 Å². The molecule has 1 saturated heterocycles. The van der Waals surface area contributed by atoms with E-state index in [1.54, 1.807) is 6.20 Å². The number of rotatable bonds is 2. The third-order valence-electron chi connectivity index (χ3n) is 3.54. The van der Waals surface area contributed by atoms with E-state index in [1.807, 2.05) is 12.1 Å². The van der Waals surface area contributed by atoms with Crippen molar-refractivity contribution < 1.29 is 0 Å². The van der Waals surface area contributed by atoms with Gasteiger partial charge >= 0.3 is 0 Å². The number of halogens is 2. The van der Waals surface area contributed by atoms with Crippen molar-refractivity contribution >= 4 is 40.9 Å². The highest BCUT2D eigenvalue weighted by molar-refractivity contribution is 6.32. The van der Waals surface area contributed by atoms with Gasteiger partial charge in [0, 0.05) is 31.9 Å². The van der Waals surface area contributed by atoms with E-state index in [0.29, 0.717) is 17.5 Å². The van der Waals surface area contributed by atoms with Gasteiger partial charge < -0.3 is 15.5 Å². The normalized spacial score (nSPS) is 18.6. The van der Waals surface area contributed by atoms with Crippen LogP contribution in [0.15, 0.2) is 18.3 Å². The van der Waals surface area contributed by atoms with Gasteiger partial charge in [-0.1, -0.05) is 11.6 Å². The van der Waals surface area contributed by atoms with Gasteiger partial charge in [-0.05, 0) is 30.7 Å². The Balaban J connectivity index is 1.79. The lowest BCUT2D eigenvalue weighted by atomic mass is 10.2. The fourth-order valence-electron chi connectivity index (χ4n) is 2.54. The van der Waals surface area contributed by atoms with Gasteiger partial charge in [-0.2, -0.15) is 15.0 Å². The second kappa shape index (κ2) is 6.10. The van der Waals surface area contributed by atoms with E-state index in [9.17, 15) is 0 Å². The van der Waals surface area contributed by atoms with E-state index in [-0.39, 0.29) is 17.3 Å². The average molecular weight is 340 g/mol. The second-order valence-corrected chi connectivity index (χ2v) is 5.81. The van der Waals surface area contributed by atoms with Gasteiger partial charge in [-0.3, -0.25) is 0 Å². The summed E-state index contributed by atoms with van der Waals surface area (Å²) >= 11 is 12.1. The maximum absolute atomic E-state index is 6.22. The Morgan fingerprint density at radius 1 is 1.23 bits per heavy atom. The number of nitrogens with two attached hydrogens (primary N) is 1. The number of nitrogen functional groups attached to an aromatic ring is 1. The van der Waals surface area contributed by atoms with Crippen molar-refractivity contribution in [2.45, 2.75) is 13.0 Å². The molecule has 3 rings (SSSR count). The Hall–Kier alpha value is -1.86. The molecular weight excluding hydrogens is 325 g/mol. The van der Waals surface area contributed by atoms with Crippen LogP contribution in [0.5, 0.6) is 0 Å². The predicted octanol–water partition coefficient (Wildman–Crippen LogP) is 1.87. The average Bonchev–Trinajstić information content (AvgIpc) is 2.46. The quantitative estimate of drug-likeness (QED) is 0.893. The van der Waals surface area contributed by atoms with Crippen molar-refractivity contribution in [2.75, 3.05) is 35.2 Å². The van der Waals surface area contributed by atoms with Crippen LogP contribution in [0.3, 0.4) is 0 Å². The van der Waals surface area contributed by atoms with E-state index in [0.717, 1.165) is 18.9 Å². The number of hydrogen-bond acceptors (Lipinski definition) is 7. The third-order valence-corrected chi connectivity index (χ3v) is 4.00. The molecule has 0 aromatic carbocycles. The molecule has 0 bridgehead atoms. The zero-order valence-corrected chi connectivity index (χ0v) is 13.5. The summed E-state index contributed by atoms with van der Waals surface area (Å²) in [4.78, 5) is 20.7. The van der Waals surface area contributed by atoms with E-state index < -0.39 is 0 Å². The first-order valence-corrected chi connectivity index (χ1v) is 7.59. The molecule has 0 radical (unpaired) electrons. The zero-order chi connectivity index (χ0) is 15.7. The molecule has 1 unspecified atom stereocenters. The number of anilines is 3. The molecule has 2 aromatic heterocycles. The van der Waals surface area contributed by atoms with Crippen LogP contribution in [0.1, 0.15) is 6.92 Å². The molecule has 1 atom stereocenters. The highest BCUT2D eigenvalue weighted by Crippen LogP contribution is 2.26. The highest BCUT2D eigenvalue weighted by atomic mass is 35.5. The van der Waals surface area contributed by atoms with Crippen molar-refractivity contribution in [3.63, 3.8) is 0 Å². The Morgan fingerprint density at radius 3 is 2.73 bits per heavy atom. The molecule has 1 fully saturated rings. The Kier molecular flexibility index (Phi) is 4.17. The summed E-state index contributed by atoms with van der Waals surface area (Å²) in [6.07, 6.45) is 1.74. The minimum absolute atomic E-state index is 0.102. The Bertz CT molecular complexity index is 661. The molecule has 1 aliphatic heterocycles. The van der Waals surface area contributed by atoms with Crippen molar-refractivity contribution in [1.82, 2.24) is 19.9 Å². The molecule has 116 valence electrons. The molecule has 2 aromatic rings. The van der Waals surface area contributed by atoms with E-state index in [1.165, 1.54) is 0 Å². The van der Waals surface area contributed by atoms with Gasteiger partial charge in [0.25, 0.3) is 0 Å². The van der Waals surface area contributed by atoms with Crippen LogP contribution < -0.4 is 15.5 Å². The first-order chi connectivity index (χ1) is 10.5. The monoisotopic (exact) mass is 339 g/mol. The third kappa shape index (κ3) is 3.00. The van der Waals surface area contributed by atoms with E-state index in [4.69, 9.17) is 28.9 Å². The largest absolute Gasteiger partial charge is 0.368 e. The predicted molar refractivity (Wildman–Crippen MR) is 87.5 cm³/mol. The molecule has 0 spiro atoms. The number of nitrogens with zero attached hydrogens (tertiary/aromatic N) is 6. The molecule has 22 heavy (non-hydrogen) atoms. The fourth-order valence-corrected chi connectivity index (χ4v) is 2.94. The summed E-state index contributed by atoms with van der Waals surface area (Å²) in [6.45, 7) is 4.30. The smallest absolute Gasteiger partial charge is 0.231 e. The lowest BCUT2D eigenvalue weighted by Crippen LogP contribution is -2.53. The van der Waals surface area contributed by atoms with Crippen molar-refractivity contribution in [3.8, 4) is 0 Å². The fraction of sp³-hybridized carbons (Fsp3) is 0.385. The maximum Gasteiger partial charge on any atom is 0.231 e. The molecular formula is C13H15Cl2N7. The Labute approximate surface area is 138 Å². The molecule has 0 aliphatic carbocycles. The van der Waals surface area contributed by atoms with Gasteiger partial charge in [0.05, 0.1) is 5.02 Å². The van der Waals surface area contributed by atoms with Crippen molar-refractivity contribution in [3.05, 3.63) is 28.6 Å². The number of hydrogen-bond donors (Lipinski definition) is 1. The standard InChI is InChI=1S/C13H15Cl2N7/c1-8-7-21(10-9(14)3-2-4-17-10)5-6-22(8)13-19-11(15)18-12(16)20-13/h2-4,8H,5-7H2,1H3,(H2,16,18,19,20). The number of aromatic nitrogens is 4. The molecule has 0 amide bonds. The SMILES string of the molecule is CC1CN(c2ncccc2Cl)CCN1c1nc(N)nc(Cl)n1. The molecule has 3 heterocycles. The number of pyridine rings is 1. The first kappa shape index (κ1) is 15.1. The molecule has 7 nitrogen and oxygen atoms in total. The molecule has 0 saturated carbocycles. The highest BCUT2D eigenvalue weighted by Gasteiger charge is 2.27. The van der Waals surface area contributed by atoms with Crippen molar-refractivity contribution in [1.29, 1.82) is 0 Å². The summed E-state index contributed by atoms with van der Waals surface area (Å²) in [5, 5.41) is 0.750. The topological polar surface area (TPSA) is 84.1 Å². The molecule has 2 N–H and O–H groups in total. The summed E-state index contributed by atoms with van der Waals surface area (Å²) in [5.74, 6) is 1.41. The summed E-state index contributed by atoms with van der Waals surface area (Å²) < 4.78 is 0. The van der Waals surface area contributed by atoms with Crippen LogP contribution in [0.4, 0.5) is 17.7 Å². The van der Waals surface area contributed by atoms with Gasteiger partial charge in [0.2, 0.25) is 17.2 Å². The summed E-state index contributed by atoms with van der Waals surface area (Å²) in [7, 11) is 0. The van der Waals surface area contributed by atoms with Crippen LogP contribution >= 0.6 is 23.2 Å². The molecule has 9 heteroatoms. The van der Waals surface area contributed by atoms with Crippen LogP contribution in [-0.4, -0.2) is 45.6 Å². The van der Waals surface area contributed by atoms with Crippen LogP contribution in [-0.2, 0) is 0 Å². The lowest BCUT2D eigenvalue weighted by Gasteiger charge is -2.40. The Morgan fingerprint density at radius 2 is 2.05 bits per heavy atom. The minimum atomic E-state index is 0.102. The van der Waals surface area contributed by atoms with Crippen LogP contribution in [0, 0.1) is 0 Å². The summed E-state index contributed by atoms with van der Waals surface area (Å²) in [6, 6.07) is 3.82. The number of piperazine rings is 1. The van der Waals surface area contributed by atoms with Gasteiger partial charge in [-0.25, -0.2) is 4.98 Å². The molecule has 1 aliphatic rings. The van der Waals surface area contributed by atoms with E-state index >= 15 is 0 Å².